The van der Waals surface area contributed by atoms with E-state index in [4.69, 9.17) is 0 Å². The summed E-state index contributed by atoms with van der Waals surface area (Å²) in [6, 6.07) is 20.1. The third kappa shape index (κ3) is 3.77. The monoisotopic (exact) mass is 357 g/mol. The molecular formula is C20H19N7. The van der Waals surface area contributed by atoms with Gasteiger partial charge in [-0.1, -0.05) is 30.3 Å². The van der Waals surface area contributed by atoms with Crippen LogP contribution in [0.1, 0.15) is 17.0 Å². The Kier molecular flexibility index (Phi) is 4.49. The van der Waals surface area contributed by atoms with Crippen molar-refractivity contribution in [2.45, 2.75) is 13.8 Å². The first-order valence-electron chi connectivity index (χ1n) is 8.59. The predicted molar refractivity (Wildman–Crippen MR) is 106 cm³/mol. The summed E-state index contributed by atoms with van der Waals surface area (Å²) in [7, 11) is 0. The van der Waals surface area contributed by atoms with Crippen LogP contribution < -0.4 is 5.32 Å². The number of aromatic nitrogens is 5. The molecule has 4 rings (SSSR count). The summed E-state index contributed by atoms with van der Waals surface area (Å²) >= 11 is 0. The van der Waals surface area contributed by atoms with E-state index >= 15 is 0 Å². The molecule has 2 heterocycles. The quantitative estimate of drug-likeness (QED) is 0.553. The lowest BCUT2D eigenvalue weighted by Gasteiger charge is -2.06. The fraction of sp³-hybridized carbons (Fsp3) is 0.100. The third-order valence-corrected chi connectivity index (χ3v) is 4.02. The number of anilines is 2. The minimum atomic E-state index is 0.555. The highest BCUT2D eigenvalue weighted by atomic mass is 15.5. The Balaban J connectivity index is 1.51. The van der Waals surface area contributed by atoms with E-state index in [0.29, 0.717) is 5.95 Å². The van der Waals surface area contributed by atoms with E-state index in [9.17, 15) is 0 Å². The second-order valence-corrected chi connectivity index (χ2v) is 6.17. The lowest BCUT2D eigenvalue weighted by Crippen LogP contribution is -2.06. The van der Waals surface area contributed by atoms with Crippen LogP contribution in [-0.2, 0) is 0 Å². The Morgan fingerprint density at radius 2 is 1.70 bits per heavy atom. The maximum absolute atomic E-state index is 4.46. The van der Waals surface area contributed by atoms with Crippen LogP contribution in [0.3, 0.4) is 0 Å². The molecule has 27 heavy (non-hydrogen) atoms. The van der Waals surface area contributed by atoms with Gasteiger partial charge in [0.2, 0.25) is 0 Å². The van der Waals surface area contributed by atoms with Crippen molar-refractivity contribution in [2.24, 2.45) is 5.10 Å². The summed E-state index contributed by atoms with van der Waals surface area (Å²) in [6.07, 6.45) is 3.33. The number of nitrogens with one attached hydrogen (secondary N) is 1. The molecule has 0 unspecified atom stereocenters. The standard InChI is InChI=1S/C20H19N7/c1-15-12-16(2)27(25-15)20-24-21-14-26(20)22-13-17-8-10-19(11-9-17)23-18-6-4-3-5-7-18/h3-14,23H,1-2H3/b22-13-. The first-order chi connectivity index (χ1) is 13.2. The average molecular weight is 357 g/mol. The zero-order valence-electron chi connectivity index (χ0n) is 15.1. The van der Waals surface area contributed by atoms with Gasteiger partial charge in [-0.3, -0.25) is 0 Å². The number of hydrogen-bond donors (Lipinski definition) is 1. The second kappa shape index (κ2) is 7.25. The molecule has 0 spiro atoms. The maximum Gasteiger partial charge on any atom is 0.273 e. The highest BCUT2D eigenvalue weighted by Crippen LogP contribution is 2.16. The van der Waals surface area contributed by atoms with E-state index in [-0.39, 0.29) is 0 Å². The third-order valence-electron chi connectivity index (χ3n) is 4.02. The Labute approximate surface area is 157 Å². The first kappa shape index (κ1) is 16.7. The van der Waals surface area contributed by atoms with E-state index < -0.39 is 0 Å². The Morgan fingerprint density at radius 1 is 0.963 bits per heavy atom. The van der Waals surface area contributed by atoms with Crippen molar-refractivity contribution >= 4 is 17.6 Å². The van der Waals surface area contributed by atoms with Crippen molar-refractivity contribution in [1.29, 1.82) is 0 Å². The van der Waals surface area contributed by atoms with E-state index in [1.807, 2.05) is 74.5 Å². The van der Waals surface area contributed by atoms with E-state index in [0.717, 1.165) is 28.3 Å². The largest absolute Gasteiger partial charge is 0.356 e. The molecule has 7 heteroatoms. The van der Waals surface area contributed by atoms with Crippen LogP contribution in [-0.4, -0.2) is 30.9 Å². The molecule has 7 nitrogen and oxygen atoms in total. The number of rotatable bonds is 5. The van der Waals surface area contributed by atoms with Crippen LogP contribution in [0, 0.1) is 13.8 Å². The van der Waals surface area contributed by atoms with Gasteiger partial charge in [-0.05, 0) is 49.7 Å². The summed E-state index contributed by atoms with van der Waals surface area (Å²) in [4.78, 5) is 0. The van der Waals surface area contributed by atoms with Gasteiger partial charge in [-0.15, -0.1) is 10.2 Å². The fourth-order valence-corrected chi connectivity index (χ4v) is 2.75. The van der Waals surface area contributed by atoms with Crippen molar-refractivity contribution in [3.63, 3.8) is 0 Å². The highest BCUT2D eigenvalue weighted by molar-refractivity contribution is 5.80. The molecular weight excluding hydrogens is 338 g/mol. The molecule has 2 aromatic carbocycles. The van der Waals surface area contributed by atoms with E-state index in [1.54, 1.807) is 21.9 Å². The average Bonchev–Trinajstić information content (AvgIpc) is 3.27. The van der Waals surface area contributed by atoms with Crippen molar-refractivity contribution in [3.05, 3.63) is 83.9 Å². The van der Waals surface area contributed by atoms with Crippen molar-refractivity contribution in [2.75, 3.05) is 5.32 Å². The zero-order chi connectivity index (χ0) is 18.6. The Hall–Kier alpha value is -3.74. The van der Waals surface area contributed by atoms with Gasteiger partial charge in [-0.25, -0.2) is 4.68 Å². The topological polar surface area (TPSA) is 72.9 Å². The number of hydrogen-bond acceptors (Lipinski definition) is 5. The van der Waals surface area contributed by atoms with Gasteiger partial charge >= 0.3 is 0 Å². The van der Waals surface area contributed by atoms with Crippen molar-refractivity contribution in [3.8, 4) is 5.95 Å². The van der Waals surface area contributed by atoms with Gasteiger partial charge in [0.25, 0.3) is 5.95 Å². The van der Waals surface area contributed by atoms with Crippen LogP contribution in [0.5, 0.6) is 0 Å². The lowest BCUT2D eigenvalue weighted by atomic mass is 10.2. The van der Waals surface area contributed by atoms with E-state index in [2.05, 4.69) is 25.7 Å². The highest BCUT2D eigenvalue weighted by Gasteiger charge is 2.10. The molecule has 0 aliphatic heterocycles. The Morgan fingerprint density at radius 3 is 2.41 bits per heavy atom. The molecule has 0 amide bonds. The molecule has 0 bridgehead atoms. The molecule has 2 aromatic heterocycles. The fourth-order valence-electron chi connectivity index (χ4n) is 2.75. The lowest BCUT2D eigenvalue weighted by molar-refractivity contribution is 0.717. The van der Waals surface area contributed by atoms with E-state index in [1.165, 1.54) is 0 Å². The molecule has 0 aliphatic rings. The van der Waals surface area contributed by atoms with Gasteiger partial charge in [0.1, 0.15) is 6.33 Å². The molecule has 0 fully saturated rings. The van der Waals surface area contributed by atoms with Crippen LogP contribution in [0.15, 0.2) is 72.1 Å². The molecule has 4 aromatic rings. The van der Waals surface area contributed by atoms with Gasteiger partial charge in [-0.2, -0.15) is 14.9 Å². The second-order valence-electron chi connectivity index (χ2n) is 6.17. The van der Waals surface area contributed by atoms with Gasteiger partial charge in [0, 0.05) is 17.1 Å². The van der Waals surface area contributed by atoms with Crippen molar-refractivity contribution in [1.82, 2.24) is 24.7 Å². The van der Waals surface area contributed by atoms with Crippen LogP contribution in [0.25, 0.3) is 5.95 Å². The zero-order valence-corrected chi connectivity index (χ0v) is 15.1. The van der Waals surface area contributed by atoms with Crippen molar-refractivity contribution < 1.29 is 0 Å². The molecule has 0 aliphatic carbocycles. The number of nitrogens with zero attached hydrogens (tertiary/aromatic N) is 6. The smallest absolute Gasteiger partial charge is 0.273 e. The summed E-state index contributed by atoms with van der Waals surface area (Å²) in [6.45, 7) is 3.92. The van der Waals surface area contributed by atoms with Crippen LogP contribution in [0.4, 0.5) is 11.4 Å². The van der Waals surface area contributed by atoms with Gasteiger partial charge in [0.15, 0.2) is 0 Å². The van der Waals surface area contributed by atoms with Crippen LogP contribution in [0.2, 0.25) is 0 Å². The summed E-state index contributed by atoms with van der Waals surface area (Å²) in [5, 5.41) is 20.3. The molecule has 0 radical (unpaired) electrons. The number of para-hydroxylation sites is 1. The molecule has 0 atom stereocenters. The molecule has 134 valence electrons. The molecule has 0 saturated heterocycles. The van der Waals surface area contributed by atoms with Gasteiger partial charge < -0.3 is 5.32 Å². The minimum absolute atomic E-state index is 0.555. The number of aryl methyl sites for hydroxylation is 2. The number of benzene rings is 2. The maximum atomic E-state index is 4.46. The summed E-state index contributed by atoms with van der Waals surface area (Å²) in [5.41, 5.74) is 4.95. The SMILES string of the molecule is Cc1cc(C)n(-c2nncn2/N=C\c2ccc(Nc3ccccc3)cc2)n1. The molecule has 1 N–H and O–H groups in total. The Bertz CT molecular complexity index is 1060. The summed E-state index contributed by atoms with van der Waals surface area (Å²) in [5.74, 6) is 0.555. The van der Waals surface area contributed by atoms with Crippen LogP contribution >= 0.6 is 0 Å². The minimum Gasteiger partial charge on any atom is -0.356 e. The normalized spacial score (nSPS) is 11.2. The first-order valence-corrected chi connectivity index (χ1v) is 8.59. The van der Waals surface area contributed by atoms with Gasteiger partial charge in [0.05, 0.1) is 11.9 Å². The predicted octanol–water partition coefficient (Wildman–Crippen LogP) is 3.71. The summed E-state index contributed by atoms with van der Waals surface area (Å²) < 4.78 is 3.34. The molecule has 0 saturated carbocycles.